The van der Waals surface area contributed by atoms with E-state index < -0.39 is 0 Å². The van der Waals surface area contributed by atoms with Crippen molar-refractivity contribution in [1.82, 2.24) is 16.0 Å². The predicted octanol–water partition coefficient (Wildman–Crippen LogP) is 3.63. The van der Waals surface area contributed by atoms with Crippen molar-refractivity contribution in [3.05, 3.63) is 65.2 Å². The number of carbonyl (C=O) groups is 2. The molecule has 7 nitrogen and oxygen atoms in total. The van der Waals surface area contributed by atoms with Gasteiger partial charge in [0.25, 0.3) is 5.91 Å². The van der Waals surface area contributed by atoms with Crippen LogP contribution in [0.4, 0.5) is 5.69 Å². The summed E-state index contributed by atoms with van der Waals surface area (Å²) in [4.78, 5) is 28.4. The molecule has 2 amide bonds. The molecule has 2 aromatic rings. The van der Waals surface area contributed by atoms with E-state index in [0.29, 0.717) is 37.6 Å². The van der Waals surface area contributed by atoms with Crippen molar-refractivity contribution in [2.45, 2.75) is 38.6 Å². The third kappa shape index (κ3) is 7.22. The molecule has 172 valence electrons. The second-order valence-electron chi connectivity index (χ2n) is 7.65. The lowest BCUT2D eigenvalue weighted by Gasteiger charge is -2.26. The van der Waals surface area contributed by atoms with Crippen LogP contribution in [-0.4, -0.2) is 37.9 Å². The number of benzene rings is 2. The molecule has 0 saturated heterocycles. The van der Waals surface area contributed by atoms with Gasteiger partial charge in [0.15, 0.2) is 5.96 Å². The maximum absolute atomic E-state index is 12.1. The second-order valence-corrected chi connectivity index (χ2v) is 7.65. The molecule has 4 N–H and O–H groups in total. The third-order valence-electron chi connectivity index (χ3n) is 5.34. The maximum Gasteiger partial charge on any atom is 0.251 e. The Labute approximate surface area is 206 Å². The Hall–Kier alpha value is -2.62. The van der Waals surface area contributed by atoms with Crippen molar-refractivity contribution in [1.29, 1.82) is 0 Å². The van der Waals surface area contributed by atoms with Gasteiger partial charge in [0.05, 0.1) is 0 Å². The van der Waals surface area contributed by atoms with Crippen molar-refractivity contribution in [3.63, 3.8) is 0 Å². The van der Waals surface area contributed by atoms with Crippen molar-refractivity contribution in [3.8, 4) is 0 Å². The number of fused-ring (bicyclic) bond motifs is 1. The van der Waals surface area contributed by atoms with Crippen LogP contribution in [0.1, 0.15) is 53.6 Å². The van der Waals surface area contributed by atoms with E-state index in [-0.39, 0.29) is 41.7 Å². The molecule has 1 unspecified atom stereocenters. The quantitative estimate of drug-likeness (QED) is 0.175. The highest BCUT2D eigenvalue weighted by Crippen LogP contribution is 2.31. The number of hydrogen-bond donors (Lipinski definition) is 4. The zero-order chi connectivity index (χ0) is 22.1. The lowest BCUT2D eigenvalue weighted by Crippen LogP contribution is -2.40. The largest absolute Gasteiger partial charge is 0.356 e. The Bertz CT molecular complexity index is 930. The molecule has 0 aliphatic carbocycles. The van der Waals surface area contributed by atoms with E-state index in [4.69, 9.17) is 0 Å². The van der Waals surface area contributed by atoms with Gasteiger partial charge >= 0.3 is 0 Å². The number of halogens is 1. The van der Waals surface area contributed by atoms with Crippen LogP contribution in [0.25, 0.3) is 0 Å². The Kier molecular flexibility index (Phi) is 10.5. The molecule has 1 aliphatic heterocycles. The molecule has 0 bridgehead atoms. The standard InChI is InChI=1S/C24H31N5O2.HI/c1-3-4-13-26-23(31)18-11-9-17(10-12-18)15-27-24(25-2)28-16-19-14-22(30)29-21-8-6-5-7-20(19)21;/h5-12,19H,3-4,13-16H2,1-2H3,(H,26,31)(H,29,30)(H2,25,27,28);1H. The number of nitrogens with zero attached hydrogens (tertiary/aromatic N) is 1. The number of nitrogens with one attached hydrogen (secondary N) is 4. The first-order chi connectivity index (χ1) is 15.1. The molecule has 1 atom stereocenters. The lowest BCUT2D eigenvalue weighted by atomic mass is 9.90. The van der Waals surface area contributed by atoms with E-state index in [9.17, 15) is 9.59 Å². The summed E-state index contributed by atoms with van der Waals surface area (Å²) in [5.41, 5.74) is 3.73. The van der Waals surface area contributed by atoms with E-state index >= 15 is 0 Å². The first-order valence-electron chi connectivity index (χ1n) is 10.8. The third-order valence-corrected chi connectivity index (χ3v) is 5.34. The smallest absolute Gasteiger partial charge is 0.251 e. The summed E-state index contributed by atoms with van der Waals surface area (Å²) in [6.07, 6.45) is 2.49. The average Bonchev–Trinajstić information content (AvgIpc) is 2.79. The number of anilines is 1. The minimum Gasteiger partial charge on any atom is -0.356 e. The van der Waals surface area contributed by atoms with Gasteiger partial charge in [-0.15, -0.1) is 24.0 Å². The van der Waals surface area contributed by atoms with Crippen molar-refractivity contribution in [2.24, 2.45) is 4.99 Å². The SMILES string of the molecule is CCCCNC(=O)c1ccc(CNC(=NC)NCC2CC(=O)Nc3ccccc32)cc1.I. The van der Waals surface area contributed by atoms with Crippen LogP contribution >= 0.6 is 24.0 Å². The van der Waals surface area contributed by atoms with Crippen LogP contribution in [-0.2, 0) is 11.3 Å². The molecule has 32 heavy (non-hydrogen) atoms. The van der Waals surface area contributed by atoms with E-state index in [0.717, 1.165) is 29.7 Å². The fourth-order valence-electron chi connectivity index (χ4n) is 3.56. The number of hydrogen-bond acceptors (Lipinski definition) is 3. The van der Waals surface area contributed by atoms with Gasteiger partial charge in [-0.1, -0.05) is 43.7 Å². The highest BCUT2D eigenvalue weighted by Gasteiger charge is 2.24. The zero-order valence-corrected chi connectivity index (χ0v) is 20.9. The average molecular weight is 549 g/mol. The molecule has 0 radical (unpaired) electrons. The highest BCUT2D eigenvalue weighted by molar-refractivity contribution is 14.0. The lowest BCUT2D eigenvalue weighted by molar-refractivity contribution is -0.116. The van der Waals surface area contributed by atoms with Crippen molar-refractivity contribution < 1.29 is 9.59 Å². The van der Waals surface area contributed by atoms with Crippen LogP contribution in [0.3, 0.4) is 0 Å². The van der Waals surface area contributed by atoms with E-state index in [1.165, 1.54) is 0 Å². The van der Waals surface area contributed by atoms with Crippen LogP contribution < -0.4 is 21.3 Å². The van der Waals surface area contributed by atoms with Crippen LogP contribution in [0.5, 0.6) is 0 Å². The number of rotatable bonds is 8. The number of unbranched alkanes of at least 4 members (excludes halogenated alkanes) is 1. The van der Waals surface area contributed by atoms with Crippen LogP contribution in [0.15, 0.2) is 53.5 Å². The van der Waals surface area contributed by atoms with Crippen LogP contribution in [0, 0.1) is 0 Å². The van der Waals surface area contributed by atoms with Gasteiger partial charge in [-0.25, -0.2) is 0 Å². The van der Waals surface area contributed by atoms with Gasteiger partial charge in [-0.3, -0.25) is 14.6 Å². The molecule has 0 saturated carbocycles. The molecule has 0 spiro atoms. The van der Waals surface area contributed by atoms with E-state index in [2.05, 4.69) is 39.2 Å². The van der Waals surface area contributed by atoms with Gasteiger partial charge < -0.3 is 21.3 Å². The van der Waals surface area contributed by atoms with Crippen LogP contribution in [0.2, 0.25) is 0 Å². The minimum atomic E-state index is -0.0396. The first-order valence-corrected chi connectivity index (χ1v) is 10.8. The summed E-state index contributed by atoms with van der Waals surface area (Å²) >= 11 is 0. The van der Waals surface area contributed by atoms with E-state index in [1.807, 2.05) is 42.5 Å². The Morgan fingerprint density at radius 3 is 2.56 bits per heavy atom. The number of para-hydroxylation sites is 1. The summed E-state index contributed by atoms with van der Waals surface area (Å²) in [5, 5.41) is 12.5. The van der Waals surface area contributed by atoms with Crippen molar-refractivity contribution >= 4 is 47.4 Å². The number of guanidine groups is 1. The van der Waals surface area contributed by atoms with E-state index in [1.54, 1.807) is 7.05 Å². The molecular weight excluding hydrogens is 517 g/mol. The number of carbonyl (C=O) groups excluding carboxylic acids is 2. The second kappa shape index (κ2) is 13.0. The summed E-state index contributed by atoms with van der Waals surface area (Å²) < 4.78 is 0. The summed E-state index contributed by atoms with van der Waals surface area (Å²) in [5.74, 6) is 0.758. The summed E-state index contributed by atoms with van der Waals surface area (Å²) in [7, 11) is 1.72. The predicted molar refractivity (Wildman–Crippen MR) is 140 cm³/mol. The summed E-state index contributed by atoms with van der Waals surface area (Å²) in [6, 6.07) is 15.5. The molecule has 0 fully saturated rings. The normalized spacial score (nSPS) is 15.1. The molecule has 2 aromatic carbocycles. The maximum atomic E-state index is 12.1. The zero-order valence-electron chi connectivity index (χ0n) is 18.6. The van der Waals surface area contributed by atoms with Crippen molar-refractivity contribution in [2.75, 3.05) is 25.5 Å². The monoisotopic (exact) mass is 549 g/mol. The Balaban J connectivity index is 0.00000363. The van der Waals surface area contributed by atoms with Gasteiger partial charge in [-0.2, -0.15) is 0 Å². The van der Waals surface area contributed by atoms with Gasteiger partial charge in [-0.05, 0) is 35.7 Å². The molecular formula is C24H32IN5O2. The topological polar surface area (TPSA) is 94.6 Å². The highest BCUT2D eigenvalue weighted by atomic mass is 127. The first kappa shape index (κ1) is 25.6. The molecule has 3 rings (SSSR count). The molecule has 0 aromatic heterocycles. The van der Waals surface area contributed by atoms with Gasteiger partial charge in [0, 0.05) is 50.3 Å². The summed E-state index contributed by atoms with van der Waals surface area (Å²) in [6.45, 7) is 4.00. The molecule has 1 aliphatic rings. The number of amides is 2. The number of aliphatic imine (C=N–C) groups is 1. The molecule has 8 heteroatoms. The minimum absolute atomic E-state index is 0. The van der Waals surface area contributed by atoms with Gasteiger partial charge in [0.1, 0.15) is 0 Å². The molecule has 1 heterocycles. The Morgan fingerprint density at radius 2 is 1.84 bits per heavy atom. The van der Waals surface area contributed by atoms with Gasteiger partial charge in [0.2, 0.25) is 5.91 Å². The Morgan fingerprint density at radius 1 is 1.09 bits per heavy atom. The fraction of sp³-hybridized carbons (Fsp3) is 0.375. The fourth-order valence-corrected chi connectivity index (χ4v) is 3.56.